The van der Waals surface area contributed by atoms with Crippen LogP contribution in [-0.4, -0.2) is 5.25 Å². The zero-order valence-corrected chi connectivity index (χ0v) is 23.7. The molecule has 0 unspecified atom stereocenters. The monoisotopic (exact) mass is 648 g/mol. The van der Waals surface area contributed by atoms with Gasteiger partial charge in [-0.2, -0.15) is 0 Å². The molecule has 0 heterocycles. The van der Waals surface area contributed by atoms with Gasteiger partial charge in [-0.1, -0.05) is 130 Å². The molecule has 0 aliphatic carbocycles. The summed E-state index contributed by atoms with van der Waals surface area (Å²) in [6, 6.07) is 0. The van der Waals surface area contributed by atoms with Gasteiger partial charge < -0.3 is 9.05 Å². The van der Waals surface area contributed by atoms with Crippen LogP contribution in [0.15, 0.2) is 0 Å². The van der Waals surface area contributed by atoms with Crippen molar-refractivity contribution in [2.24, 2.45) is 0 Å². The Kier molecular flexibility index (Phi) is 10.0. The van der Waals surface area contributed by atoms with Crippen LogP contribution in [0.3, 0.4) is 0 Å². The third kappa shape index (κ3) is 5.77. The van der Waals surface area contributed by atoms with Crippen LogP contribution in [0, 0.1) is 0 Å². The van der Waals surface area contributed by atoms with E-state index in [4.69, 9.17) is 125 Å². The van der Waals surface area contributed by atoms with Gasteiger partial charge in [0.15, 0.2) is 11.5 Å². The smallest absolute Gasteiger partial charge is 0.405 e. The molecule has 0 saturated carbocycles. The predicted molar refractivity (Wildman–Crippen MR) is 135 cm³/mol. The van der Waals surface area contributed by atoms with E-state index in [1.807, 2.05) is 0 Å². The van der Waals surface area contributed by atoms with Crippen molar-refractivity contribution in [3.05, 3.63) is 50.2 Å². The lowest BCUT2D eigenvalue weighted by Gasteiger charge is -2.24. The van der Waals surface area contributed by atoms with Crippen LogP contribution in [0.5, 0.6) is 11.5 Å². The molecule has 0 N–H and O–H groups in total. The van der Waals surface area contributed by atoms with Crippen molar-refractivity contribution in [1.82, 2.24) is 0 Å². The second-order valence-corrected chi connectivity index (χ2v) is 13.7. The van der Waals surface area contributed by atoms with E-state index >= 15 is 0 Å². The minimum atomic E-state index is -4.18. The molecule has 0 aliphatic heterocycles. The summed E-state index contributed by atoms with van der Waals surface area (Å²) < 4.78 is 24.8. The van der Waals surface area contributed by atoms with E-state index < -0.39 is 6.80 Å². The molecule has 30 heavy (non-hydrogen) atoms. The molecule has 0 radical (unpaired) electrons. The topological polar surface area (TPSA) is 35.5 Å². The van der Waals surface area contributed by atoms with E-state index in [1.54, 1.807) is 13.8 Å². The molecule has 2 aromatic rings. The summed E-state index contributed by atoms with van der Waals surface area (Å²) in [6.45, 7) is -0.706. The lowest BCUT2D eigenvalue weighted by molar-refractivity contribution is 0.408. The lowest BCUT2D eigenvalue weighted by Crippen LogP contribution is -2.04. The van der Waals surface area contributed by atoms with Crippen LogP contribution in [-0.2, 0) is 4.57 Å². The summed E-state index contributed by atoms with van der Waals surface area (Å²) in [5.41, 5.74) is 0. The Morgan fingerprint density at radius 3 is 1.03 bits per heavy atom. The van der Waals surface area contributed by atoms with Crippen molar-refractivity contribution in [2.45, 2.75) is 19.1 Å². The quantitative estimate of drug-likeness (QED) is 0.177. The standard InChI is InChI=1S/C15H7Cl10O3PS/c1-3(2)30-29(26,27-14-10(22)6(18)4(16)7(19)11(14)23)28-15-12(24)8(20)5(17)9(21)13(15)25/h3H,1-2H3. The molecule has 0 spiro atoms. The summed E-state index contributed by atoms with van der Waals surface area (Å²) >= 11 is 61.6. The fourth-order valence-corrected chi connectivity index (χ4v) is 8.19. The average molecular weight is 653 g/mol. The second-order valence-electron chi connectivity index (χ2n) is 5.58. The molecule has 0 saturated heterocycles. The Morgan fingerprint density at radius 1 is 0.567 bits per heavy atom. The van der Waals surface area contributed by atoms with Crippen LogP contribution in [0.1, 0.15) is 13.8 Å². The predicted octanol–water partition coefficient (Wildman–Crippen LogP) is 11.9. The van der Waals surface area contributed by atoms with Crippen LogP contribution in [0.2, 0.25) is 50.2 Å². The Labute approximate surface area is 226 Å². The molecular formula is C15H7Cl10O3PS. The summed E-state index contributed by atoms with van der Waals surface area (Å²) in [7, 11) is 0. The lowest BCUT2D eigenvalue weighted by atomic mass is 10.3. The molecule has 0 amide bonds. The highest BCUT2D eigenvalue weighted by atomic mass is 35.5. The number of halogens is 10. The maximum Gasteiger partial charge on any atom is 0.493 e. The molecule has 2 rings (SSSR count). The molecule has 0 aliphatic rings. The van der Waals surface area contributed by atoms with Crippen molar-refractivity contribution in [3.63, 3.8) is 0 Å². The first-order valence-electron chi connectivity index (χ1n) is 7.42. The average Bonchev–Trinajstić information content (AvgIpc) is 2.68. The van der Waals surface area contributed by atoms with Gasteiger partial charge in [-0.05, 0) is 11.4 Å². The first-order valence-corrected chi connectivity index (χ1v) is 14.2. The third-order valence-electron chi connectivity index (χ3n) is 3.09. The van der Waals surface area contributed by atoms with Crippen molar-refractivity contribution in [2.75, 3.05) is 0 Å². The van der Waals surface area contributed by atoms with Crippen molar-refractivity contribution in [1.29, 1.82) is 0 Å². The molecule has 15 heteroatoms. The van der Waals surface area contributed by atoms with Gasteiger partial charge in [0, 0.05) is 5.25 Å². The summed E-state index contributed by atoms with van der Waals surface area (Å²) in [5.74, 6) is -0.625. The van der Waals surface area contributed by atoms with E-state index in [1.165, 1.54) is 0 Å². The second kappa shape index (κ2) is 10.8. The Bertz CT molecular complexity index is 928. The van der Waals surface area contributed by atoms with E-state index in [-0.39, 0.29) is 67.0 Å². The third-order valence-corrected chi connectivity index (χ3v) is 11.5. The van der Waals surface area contributed by atoms with Gasteiger partial charge in [-0.15, -0.1) is 0 Å². The maximum atomic E-state index is 13.6. The first-order chi connectivity index (χ1) is 13.7. The normalized spacial score (nSPS) is 11.9. The Hall–Kier alpha value is 1.52. The van der Waals surface area contributed by atoms with Crippen LogP contribution in [0.4, 0.5) is 0 Å². The highest BCUT2D eigenvalue weighted by Crippen LogP contribution is 2.66. The van der Waals surface area contributed by atoms with Gasteiger partial charge in [0.2, 0.25) is 0 Å². The fraction of sp³-hybridized carbons (Fsp3) is 0.200. The SMILES string of the molecule is CC(C)SP(=O)(Oc1c(Cl)c(Cl)c(Cl)c(Cl)c1Cl)Oc1c(Cl)c(Cl)c(Cl)c(Cl)c1Cl. The van der Waals surface area contributed by atoms with Crippen molar-refractivity contribution in [3.8, 4) is 11.5 Å². The van der Waals surface area contributed by atoms with Gasteiger partial charge in [-0.3, -0.25) is 0 Å². The molecule has 2 aromatic carbocycles. The zero-order valence-electron chi connectivity index (χ0n) is 14.4. The van der Waals surface area contributed by atoms with Crippen LogP contribution in [0.25, 0.3) is 0 Å². The highest BCUT2D eigenvalue weighted by molar-refractivity contribution is 8.55. The van der Waals surface area contributed by atoms with E-state index in [9.17, 15) is 4.57 Å². The van der Waals surface area contributed by atoms with Gasteiger partial charge in [0.25, 0.3) is 0 Å². The molecule has 3 nitrogen and oxygen atoms in total. The molecule has 0 bridgehead atoms. The van der Waals surface area contributed by atoms with Gasteiger partial charge in [-0.25, -0.2) is 4.57 Å². The molecule has 0 aromatic heterocycles. The summed E-state index contributed by atoms with van der Waals surface area (Å²) in [5, 5.41) is -2.00. The van der Waals surface area contributed by atoms with Crippen LogP contribution < -0.4 is 9.05 Å². The highest BCUT2D eigenvalue weighted by Gasteiger charge is 2.37. The minimum absolute atomic E-state index is 0.102. The number of hydrogen-bond donors (Lipinski definition) is 0. The van der Waals surface area contributed by atoms with Gasteiger partial charge in [0.1, 0.15) is 20.1 Å². The fourth-order valence-electron chi connectivity index (χ4n) is 1.87. The molecule has 0 fully saturated rings. The number of hydrogen-bond acceptors (Lipinski definition) is 4. The van der Waals surface area contributed by atoms with E-state index in [0.29, 0.717) is 0 Å². The van der Waals surface area contributed by atoms with E-state index in [0.717, 1.165) is 11.4 Å². The largest absolute Gasteiger partial charge is 0.493 e. The molecular weight excluding hydrogens is 646 g/mol. The van der Waals surface area contributed by atoms with Crippen molar-refractivity contribution < 1.29 is 13.6 Å². The maximum absolute atomic E-state index is 13.6. The number of rotatable bonds is 6. The van der Waals surface area contributed by atoms with E-state index in [2.05, 4.69) is 0 Å². The Balaban J connectivity index is 2.64. The zero-order chi connectivity index (χ0) is 23.1. The summed E-state index contributed by atoms with van der Waals surface area (Å²) in [6.07, 6.45) is 0. The molecule has 166 valence electrons. The van der Waals surface area contributed by atoms with Crippen molar-refractivity contribution >= 4 is 134 Å². The molecule has 0 atom stereocenters. The minimum Gasteiger partial charge on any atom is -0.405 e. The van der Waals surface area contributed by atoms with Gasteiger partial charge >= 0.3 is 6.80 Å². The first kappa shape index (κ1) is 27.8. The number of benzene rings is 2. The summed E-state index contributed by atoms with van der Waals surface area (Å²) in [4.78, 5) is 0. The van der Waals surface area contributed by atoms with Crippen LogP contribution >= 0.6 is 134 Å². The van der Waals surface area contributed by atoms with Gasteiger partial charge in [0.05, 0.1) is 30.1 Å². The Morgan fingerprint density at radius 2 is 0.800 bits per heavy atom.